The van der Waals surface area contributed by atoms with Gasteiger partial charge >= 0.3 is 11.9 Å². The standard InChI is InChI=1S/C43H66N2O4/c1-38(2,3)32-19-15-30(16-20-32)28-44-40(7,8)24-34(25-41(44,9)10)48-36(46)23-37(47)49-35-26-42(11,12)45(43(13,14)27-35)29-31-17-21-33(22-18-31)39(4,5)6/h15-22,34-35H,23-29H2,1-14H3. The molecule has 2 fully saturated rings. The van der Waals surface area contributed by atoms with E-state index < -0.39 is 11.9 Å². The van der Waals surface area contributed by atoms with E-state index in [0.29, 0.717) is 25.7 Å². The van der Waals surface area contributed by atoms with Crippen molar-refractivity contribution in [3.8, 4) is 0 Å². The predicted molar refractivity (Wildman–Crippen MR) is 201 cm³/mol. The minimum atomic E-state index is -0.498. The third kappa shape index (κ3) is 9.76. The van der Waals surface area contributed by atoms with Crippen LogP contribution in [0.2, 0.25) is 0 Å². The van der Waals surface area contributed by atoms with Gasteiger partial charge in [-0.25, -0.2) is 0 Å². The largest absolute Gasteiger partial charge is 0.462 e. The monoisotopic (exact) mass is 675 g/mol. The molecule has 272 valence electrons. The Labute approximate surface area is 298 Å². The molecular weight excluding hydrogens is 608 g/mol. The Bertz CT molecular complexity index is 1310. The van der Waals surface area contributed by atoms with E-state index in [1.165, 1.54) is 22.3 Å². The van der Waals surface area contributed by atoms with Gasteiger partial charge in [0.25, 0.3) is 0 Å². The van der Waals surface area contributed by atoms with Gasteiger partial charge in [-0.05, 0) is 88.5 Å². The van der Waals surface area contributed by atoms with Crippen molar-refractivity contribution in [3.05, 3.63) is 70.8 Å². The molecule has 2 aliphatic heterocycles. The molecule has 6 heteroatoms. The van der Waals surface area contributed by atoms with Crippen molar-refractivity contribution in [1.82, 2.24) is 9.80 Å². The first-order valence-corrected chi connectivity index (χ1v) is 18.4. The Morgan fingerprint density at radius 1 is 0.551 bits per heavy atom. The molecule has 0 radical (unpaired) electrons. The lowest BCUT2D eigenvalue weighted by molar-refractivity contribution is -0.171. The van der Waals surface area contributed by atoms with Crippen LogP contribution >= 0.6 is 0 Å². The van der Waals surface area contributed by atoms with Crippen LogP contribution in [-0.2, 0) is 43.0 Å². The van der Waals surface area contributed by atoms with Crippen molar-refractivity contribution in [2.24, 2.45) is 0 Å². The van der Waals surface area contributed by atoms with Gasteiger partial charge in [0.05, 0.1) is 0 Å². The lowest BCUT2D eigenvalue weighted by atomic mass is 9.77. The molecule has 0 spiro atoms. The average Bonchev–Trinajstić information content (AvgIpc) is 2.91. The third-order valence-corrected chi connectivity index (χ3v) is 11.0. The molecule has 0 amide bonds. The number of piperidine rings is 2. The molecule has 2 heterocycles. The number of likely N-dealkylation sites (tertiary alicyclic amines) is 2. The zero-order valence-corrected chi connectivity index (χ0v) is 33.3. The van der Waals surface area contributed by atoms with Crippen LogP contribution in [0.3, 0.4) is 0 Å². The van der Waals surface area contributed by atoms with E-state index in [9.17, 15) is 9.59 Å². The SMILES string of the molecule is CC(C)(C)c1ccc(CN2C(C)(C)CC(OC(=O)CC(=O)OC3CC(C)(C)N(Cc4ccc(C(C)(C)C)cc4)C(C)(C)C3)CC2(C)C)cc1. The summed E-state index contributed by atoms with van der Waals surface area (Å²) >= 11 is 0. The maximum absolute atomic E-state index is 13.1. The molecule has 0 bridgehead atoms. The van der Waals surface area contributed by atoms with Crippen LogP contribution in [0.4, 0.5) is 0 Å². The molecule has 6 nitrogen and oxygen atoms in total. The number of ether oxygens (including phenoxy) is 2. The second-order valence-electron chi connectivity index (χ2n) is 19.5. The van der Waals surface area contributed by atoms with Crippen LogP contribution in [-0.4, -0.2) is 56.1 Å². The van der Waals surface area contributed by atoms with Crippen molar-refractivity contribution in [3.63, 3.8) is 0 Å². The number of esters is 2. The first-order valence-electron chi connectivity index (χ1n) is 18.4. The molecule has 4 rings (SSSR count). The molecule has 0 saturated carbocycles. The Balaban J connectivity index is 1.31. The number of hydrogen-bond acceptors (Lipinski definition) is 6. The lowest BCUT2D eigenvalue weighted by Gasteiger charge is -2.55. The molecule has 0 atom stereocenters. The first-order chi connectivity index (χ1) is 22.3. The van der Waals surface area contributed by atoms with Gasteiger partial charge in [0, 0.05) is 60.9 Å². The van der Waals surface area contributed by atoms with Crippen molar-refractivity contribution in [2.45, 2.75) is 187 Å². The Kier molecular flexibility index (Phi) is 11.0. The summed E-state index contributed by atoms with van der Waals surface area (Å²) in [6.07, 6.45) is 1.94. The Hall–Kier alpha value is -2.70. The van der Waals surface area contributed by atoms with Crippen LogP contribution in [0.1, 0.15) is 151 Å². The van der Waals surface area contributed by atoms with E-state index in [-0.39, 0.29) is 51.6 Å². The molecule has 0 unspecified atom stereocenters. The van der Waals surface area contributed by atoms with Gasteiger partial charge in [0.2, 0.25) is 0 Å². The summed E-state index contributed by atoms with van der Waals surface area (Å²) in [5, 5.41) is 0. The van der Waals surface area contributed by atoms with E-state index >= 15 is 0 Å². The molecule has 2 aromatic rings. The highest BCUT2D eigenvalue weighted by Crippen LogP contribution is 2.42. The van der Waals surface area contributed by atoms with Gasteiger partial charge in [-0.3, -0.25) is 19.4 Å². The molecule has 49 heavy (non-hydrogen) atoms. The van der Waals surface area contributed by atoms with Gasteiger partial charge in [0.1, 0.15) is 18.6 Å². The third-order valence-electron chi connectivity index (χ3n) is 11.0. The number of carbonyl (C=O) groups excluding carboxylic acids is 2. The normalized spacial score (nSPS) is 21.7. The number of hydrogen-bond donors (Lipinski definition) is 0. The predicted octanol–water partition coefficient (Wildman–Crippen LogP) is 9.50. The summed E-state index contributed by atoms with van der Waals surface area (Å²) in [6.45, 7) is 32.9. The van der Waals surface area contributed by atoms with Gasteiger partial charge in [-0.2, -0.15) is 0 Å². The van der Waals surface area contributed by atoms with E-state index in [2.05, 4.69) is 155 Å². The minimum absolute atomic E-state index is 0.121. The smallest absolute Gasteiger partial charge is 0.317 e. The van der Waals surface area contributed by atoms with Crippen molar-refractivity contribution >= 4 is 11.9 Å². The summed E-state index contributed by atoms with van der Waals surface area (Å²) in [6, 6.07) is 17.9. The fraction of sp³-hybridized carbons (Fsp3) is 0.674. The number of rotatable bonds is 8. The fourth-order valence-corrected chi connectivity index (χ4v) is 8.63. The summed E-state index contributed by atoms with van der Waals surface area (Å²) in [4.78, 5) is 31.3. The average molecular weight is 675 g/mol. The van der Waals surface area contributed by atoms with Gasteiger partial charge in [-0.15, -0.1) is 0 Å². The number of nitrogens with zero attached hydrogens (tertiary/aromatic N) is 2. The highest BCUT2D eigenvalue weighted by molar-refractivity contribution is 5.91. The van der Waals surface area contributed by atoms with Gasteiger partial charge in [-0.1, -0.05) is 90.1 Å². The highest BCUT2D eigenvalue weighted by Gasteiger charge is 2.48. The van der Waals surface area contributed by atoms with E-state index in [1.54, 1.807) is 0 Å². The second-order valence-corrected chi connectivity index (χ2v) is 19.5. The zero-order valence-electron chi connectivity index (χ0n) is 33.3. The molecule has 0 aromatic heterocycles. The second kappa shape index (κ2) is 13.8. The first kappa shape index (κ1) is 39.1. The quantitative estimate of drug-likeness (QED) is 0.205. The van der Waals surface area contributed by atoms with Gasteiger partial charge < -0.3 is 9.47 Å². The molecule has 0 aliphatic carbocycles. The van der Waals surface area contributed by atoms with Crippen molar-refractivity contribution in [1.29, 1.82) is 0 Å². The van der Waals surface area contributed by atoms with Crippen LogP contribution < -0.4 is 0 Å². The summed E-state index contributed by atoms with van der Waals surface area (Å²) in [7, 11) is 0. The van der Waals surface area contributed by atoms with Crippen LogP contribution in [0.5, 0.6) is 0 Å². The van der Waals surface area contributed by atoms with Crippen LogP contribution in [0.25, 0.3) is 0 Å². The van der Waals surface area contributed by atoms with E-state index in [4.69, 9.17) is 9.47 Å². The lowest BCUT2D eigenvalue weighted by Crippen LogP contribution is -2.62. The van der Waals surface area contributed by atoms with Crippen molar-refractivity contribution < 1.29 is 19.1 Å². The summed E-state index contributed by atoms with van der Waals surface area (Å²) < 4.78 is 12.0. The molecule has 2 saturated heterocycles. The topological polar surface area (TPSA) is 59.1 Å². The molecule has 0 N–H and O–H groups in total. The van der Waals surface area contributed by atoms with Crippen LogP contribution in [0.15, 0.2) is 48.5 Å². The highest BCUT2D eigenvalue weighted by atomic mass is 16.6. The zero-order chi connectivity index (χ0) is 36.8. The minimum Gasteiger partial charge on any atom is -0.462 e. The van der Waals surface area contributed by atoms with Gasteiger partial charge in [0.15, 0.2) is 0 Å². The summed E-state index contributed by atoms with van der Waals surface area (Å²) in [5.74, 6) is -0.995. The van der Waals surface area contributed by atoms with Crippen molar-refractivity contribution in [2.75, 3.05) is 0 Å². The maximum Gasteiger partial charge on any atom is 0.317 e. The molecule has 2 aromatic carbocycles. The fourth-order valence-electron chi connectivity index (χ4n) is 8.63. The summed E-state index contributed by atoms with van der Waals surface area (Å²) in [5.41, 5.74) is 4.66. The molecule has 2 aliphatic rings. The Morgan fingerprint density at radius 3 is 1.06 bits per heavy atom. The number of benzene rings is 2. The molecular formula is C43H66N2O4. The number of carbonyl (C=O) groups is 2. The Morgan fingerprint density at radius 2 is 0.816 bits per heavy atom. The maximum atomic E-state index is 13.1. The van der Waals surface area contributed by atoms with E-state index in [0.717, 1.165) is 13.1 Å². The van der Waals surface area contributed by atoms with E-state index in [1.807, 2.05) is 0 Å². The van der Waals surface area contributed by atoms with Crippen LogP contribution in [0, 0.1) is 0 Å².